The minimum absolute atomic E-state index is 0.00559. The first-order valence-electron chi connectivity index (χ1n) is 6.59. The molecule has 22 heavy (non-hydrogen) atoms. The molecule has 5 nitrogen and oxygen atoms in total. The van der Waals surface area contributed by atoms with Crippen LogP contribution in [0.25, 0.3) is 0 Å². The van der Waals surface area contributed by atoms with E-state index in [1.54, 1.807) is 19.1 Å². The molecule has 0 amide bonds. The Morgan fingerprint density at radius 2 is 1.86 bits per heavy atom. The number of halogens is 1. The third kappa shape index (κ3) is 3.10. The van der Waals surface area contributed by atoms with Crippen LogP contribution in [0.1, 0.15) is 18.5 Å². The summed E-state index contributed by atoms with van der Waals surface area (Å²) in [5.74, 6) is -0.136. The molecule has 0 saturated heterocycles. The molecule has 1 unspecified atom stereocenters. The normalized spacial score (nSPS) is 13.1. The number of hydrogen-bond acceptors (Lipinski definition) is 4. The van der Waals surface area contributed by atoms with Crippen LogP contribution >= 0.6 is 0 Å². The van der Waals surface area contributed by atoms with Crippen LogP contribution in [0.5, 0.6) is 5.75 Å². The van der Waals surface area contributed by atoms with Crippen molar-refractivity contribution in [1.82, 2.24) is 9.29 Å². The maximum absolute atomic E-state index is 13.0. The number of pyridine rings is 1. The Bertz CT molecular complexity index is 748. The highest BCUT2D eigenvalue weighted by molar-refractivity contribution is 7.89. The summed E-state index contributed by atoms with van der Waals surface area (Å²) in [6.45, 7) is 1.73. The van der Waals surface area contributed by atoms with Gasteiger partial charge in [-0.1, -0.05) is 12.1 Å². The van der Waals surface area contributed by atoms with Gasteiger partial charge in [0.2, 0.25) is 10.0 Å². The summed E-state index contributed by atoms with van der Waals surface area (Å²) in [7, 11) is -0.919. The molecule has 1 heterocycles. The fraction of sp³-hybridized carbons (Fsp3) is 0.267. The molecule has 1 aromatic carbocycles. The van der Waals surface area contributed by atoms with E-state index >= 15 is 0 Å². The lowest BCUT2D eigenvalue weighted by Gasteiger charge is -2.25. The first kappa shape index (κ1) is 16.4. The van der Waals surface area contributed by atoms with Gasteiger partial charge < -0.3 is 4.74 Å². The highest BCUT2D eigenvalue weighted by Crippen LogP contribution is 2.30. The molecule has 0 fully saturated rings. The molecule has 1 atom stereocenters. The van der Waals surface area contributed by atoms with Crippen LogP contribution in [-0.2, 0) is 10.0 Å². The van der Waals surface area contributed by atoms with Crippen molar-refractivity contribution in [3.05, 3.63) is 54.1 Å². The van der Waals surface area contributed by atoms with Crippen molar-refractivity contribution < 1.29 is 17.5 Å². The molecule has 0 saturated carbocycles. The average molecular weight is 324 g/mol. The van der Waals surface area contributed by atoms with Crippen molar-refractivity contribution in [2.45, 2.75) is 17.9 Å². The molecule has 0 spiro atoms. The second-order valence-corrected chi connectivity index (χ2v) is 6.74. The molecule has 0 aliphatic rings. The summed E-state index contributed by atoms with van der Waals surface area (Å²) in [6.07, 6.45) is 2.71. The minimum atomic E-state index is -3.79. The SMILES string of the molecule is COc1ccncc1S(=O)(=O)N(C)C(C)c1ccc(F)cc1. The van der Waals surface area contributed by atoms with Crippen LogP contribution in [0.3, 0.4) is 0 Å². The largest absolute Gasteiger partial charge is 0.495 e. The number of nitrogens with zero attached hydrogens (tertiary/aromatic N) is 2. The Labute approximate surface area is 129 Å². The van der Waals surface area contributed by atoms with Gasteiger partial charge in [0.1, 0.15) is 16.5 Å². The monoisotopic (exact) mass is 324 g/mol. The zero-order valence-electron chi connectivity index (χ0n) is 12.5. The fourth-order valence-electron chi connectivity index (χ4n) is 2.04. The van der Waals surface area contributed by atoms with E-state index in [-0.39, 0.29) is 16.5 Å². The number of aromatic nitrogens is 1. The van der Waals surface area contributed by atoms with E-state index < -0.39 is 16.1 Å². The lowest BCUT2D eigenvalue weighted by atomic mass is 10.1. The van der Waals surface area contributed by atoms with Crippen LogP contribution in [0.2, 0.25) is 0 Å². The molecule has 0 radical (unpaired) electrons. The second-order valence-electron chi connectivity index (χ2n) is 4.78. The minimum Gasteiger partial charge on any atom is -0.495 e. The molecule has 2 rings (SSSR count). The maximum Gasteiger partial charge on any atom is 0.248 e. The first-order valence-corrected chi connectivity index (χ1v) is 8.03. The molecule has 2 aromatic rings. The highest BCUT2D eigenvalue weighted by atomic mass is 32.2. The Hall–Kier alpha value is -1.99. The van der Waals surface area contributed by atoms with Gasteiger partial charge in [-0.05, 0) is 30.7 Å². The number of rotatable bonds is 5. The standard InChI is InChI=1S/C15H17FN2O3S/c1-11(12-4-6-13(16)7-5-12)18(2)22(19,20)15-10-17-9-8-14(15)21-3/h4-11H,1-3H3. The zero-order chi connectivity index (χ0) is 16.3. The van der Waals surface area contributed by atoms with Gasteiger partial charge in [0.25, 0.3) is 0 Å². The van der Waals surface area contributed by atoms with Crippen LogP contribution < -0.4 is 4.74 Å². The van der Waals surface area contributed by atoms with Crippen LogP contribution in [0.15, 0.2) is 47.6 Å². The van der Waals surface area contributed by atoms with Gasteiger partial charge in [0.05, 0.1) is 13.3 Å². The Morgan fingerprint density at radius 1 is 1.23 bits per heavy atom. The van der Waals surface area contributed by atoms with E-state index in [0.717, 1.165) is 0 Å². The summed E-state index contributed by atoms with van der Waals surface area (Å²) >= 11 is 0. The predicted molar refractivity (Wildman–Crippen MR) is 80.6 cm³/mol. The second kappa shape index (κ2) is 6.41. The molecule has 1 aromatic heterocycles. The molecule has 0 aliphatic heterocycles. The van der Waals surface area contributed by atoms with E-state index in [9.17, 15) is 12.8 Å². The smallest absolute Gasteiger partial charge is 0.248 e. The van der Waals surface area contributed by atoms with Gasteiger partial charge >= 0.3 is 0 Å². The van der Waals surface area contributed by atoms with Gasteiger partial charge in [-0.2, -0.15) is 4.31 Å². The summed E-state index contributed by atoms with van der Waals surface area (Å²) in [4.78, 5) is 3.84. The van der Waals surface area contributed by atoms with Crippen LogP contribution in [0, 0.1) is 5.82 Å². The quantitative estimate of drug-likeness (QED) is 0.848. The summed E-state index contributed by atoms with van der Waals surface area (Å²) in [5.41, 5.74) is 0.690. The summed E-state index contributed by atoms with van der Waals surface area (Å²) in [6, 6.07) is 6.76. The lowest BCUT2D eigenvalue weighted by Crippen LogP contribution is -2.30. The lowest BCUT2D eigenvalue weighted by molar-refractivity contribution is 0.381. The van der Waals surface area contributed by atoms with Gasteiger partial charge in [-0.3, -0.25) is 4.98 Å². The fourth-order valence-corrected chi connectivity index (χ4v) is 3.49. The van der Waals surface area contributed by atoms with Crippen molar-refractivity contribution in [2.75, 3.05) is 14.2 Å². The van der Waals surface area contributed by atoms with Gasteiger partial charge in [-0.25, -0.2) is 12.8 Å². The Kier molecular flexibility index (Phi) is 4.77. The molecule has 0 aliphatic carbocycles. The van der Waals surface area contributed by atoms with E-state index in [0.29, 0.717) is 5.56 Å². The van der Waals surface area contributed by atoms with Crippen molar-refractivity contribution in [3.8, 4) is 5.75 Å². The number of sulfonamides is 1. The number of benzene rings is 1. The maximum atomic E-state index is 13.0. The summed E-state index contributed by atoms with van der Waals surface area (Å²) < 4.78 is 44.7. The molecule has 118 valence electrons. The van der Waals surface area contributed by atoms with Crippen molar-refractivity contribution in [1.29, 1.82) is 0 Å². The van der Waals surface area contributed by atoms with E-state index in [4.69, 9.17) is 4.74 Å². The Balaban J connectivity index is 2.38. The van der Waals surface area contributed by atoms with Crippen molar-refractivity contribution >= 4 is 10.0 Å². The molecule has 0 bridgehead atoms. The number of hydrogen-bond donors (Lipinski definition) is 0. The van der Waals surface area contributed by atoms with Crippen molar-refractivity contribution in [2.24, 2.45) is 0 Å². The number of ether oxygens (including phenoxy) is 1. The predicted octanol–water partition coefficient (Wildman–Crippen LogP) is 2.61. The van der Waals surface area contributed by atoms with Crippen LogP contribution in [-0.4, -0.2) is 31.9 Å². The molecular formula is C15H17FN2O3S. The van der Waals surface area contributed by atoms with Gasteiger partial charge in [0.15, 0.2) is 0 Å². The van der Waals surface area contributed by atoms with Crippen LogP contribution in [0.4, 0.5) is 4.39 Å². The molecule has 7 heteroatoms. The van der Waals surface area contributed by atoms with E-state index in [2.05, 4.69) is 4.98 Å². The first-order chi connectivity index (χ1) is 10.4. The third-order valence-corrected chi connectivity index (χ3v) is 5.46. The van der Waals surface area contributed by atoms with E-state index in [1.165, 1.54) is 49.1 Å². The summed E-state index contributed by atoms with van der Waals surface area (Å²) in [5, 5.41) is 0. The average Bonchev–Trinajstić information content (AvgIpc) is 2.54. The highest BCUT2D eigenvalue weighted by Gasteiger charge is 2.29. The molecular weight excluding hydrogens is 307 g/mol. The molecule has 0 N–H and O–H groups in total. The van der Waals surface area contributed by atoms with E-state index in [1.807, 2.05) is 0 Å². The third-order valence-electron chi connectivity index (χ3n) is 3.52. The zero-order valence-corrected chi connectivity index (χ0v) is 13.3. The van der Waals surface area contributed by atoms with Gasteiger partial charge in [-0.15, -0.1) is 0 Å². The number of methoxy groups -OCH3 is 1. The van der Waals surface area contributed by atoms with Crippen molar-refractivity contribution in [3.63, 3.8) is 0 Å². The topological polar surface area (TPSA) is 59.5 Å². The Morgan fingerprint density at radius 3 is 2.45 bits per heavy atom. The van der Waals surface area contributed by atoms with Gasteiger partial charge in [0, 0.05) is 19.3 Å².